The number of hydrogen-bond acceptors (Lipinski definition) is 5. The number of aliphatic hydroxyl groups is 2. The van der Waals surface area contributed by atoms with Crippen LogP contribution in [0.4, 0.5) is 5.69 Å². The molecule has 1 aromatic rings. The van der Waals surface area contributed by atoms with Crippen LogP contribution in [0, 0.1) is 10.1 Å². The van der Waals surface area contributed by atoms with Crippen molar-refractivity contribution in [2.75, 3.05) is 6.61 Å². The summed E-state index contributed by atoms with van der Waals surface area (Å²) in [6.07, 6.45) is -1.33. The third kappa shape index (κ3) is 4.98. The molecule has 0 aromatic heterocycles. The molecule has 0 aliphatic rings. The summed E-state index contributed by atoms with van der Waals surface area (Å²) >= 11 is 16.1. The van der Waals surface area contributed by atoms with Gasteiger partial charge in [-0.2, -0.15) is 0 Å². The Morgan fingerprint density at radius 2 is 1.86 bits per heavy atom. The summed E-state index contributed by atoms with van der Waals surface area (Å²) < 4.78 is -2.23. The van der Waals surface area contributed by atoms with E-state index in [4.69, 9.17) is 34.8 Å². The smallest absolute Gasteiger partial charge is 0.272 e. The van der Waals surface area contributed by atoms with Gasteiger partial charge in [0.2, 0.25) is 0 Å². The average molecular weight is 358 g/mol. The van der Waals surface area contributed by atoms with E-state index >= 15 is 0 Å². The third-order valence-electron chi connectivity index (χ3n) is 2.60. The lowest BCUT2D eigenvalue weighted by molar-refractivity contribution is -0.384. The van der Waals surface area contributed by atoms with Crippen molar-refractivity contribution in [3.05, 3.63) is 39.9 Å². The number of carbonyl (C=O) groups excluding carboxylic acids is 1. The van der Waals surface area contributed by atoms with Crippen LogP contribution in [-0.4, -0.2) is 37.5 Å². The van der Waals surface area contributed by atoms with Crippen LogP contribution in [0.2, 0.25) is 0 Å². The number of halogens is 3. The quantitative estimate of drug-likeness (QED) is 0.420. The summed E-state index contributed by atoms with van der Waals surface area (Å²) in [6, 6.07) is 3.84. The molecule has 2 unspecified atom stereocenters. The largest absolute Gasteiger partial charge is 0.394 e. The Kier molecular flexibility index (Phi) is 6.18. The number of nitrogens with zero attached hydrogens (tertiary/aromatic N) is 1. The second kappa shape index (κ2) is 7.24. The van der Waals surface area contributed by atoms with Gasteiger partial charge in [-0.15, -0.1) is 0 Å². The fourth-order valence-corrected chi connectivity index (χ4v) is 1.66. The first-order valence-electron chi connectivity index (χ1n) is 5.57. The standard InChI is InChI=1S/C11H11Cl3N2O5/c12-11(13,14)10(19)15-8(5-17)9(18)6-1-3-7(4-2-6)16(20)21/h1-4,8-9,17-18H,5H2,(H,15,19). The summed E-state index contributed by atoms with van der Waals surface area (Å²) in [7, 11) is 0. The molecule has 0 heterocycles. The highest BCUT2D eigenvalue weighted by Gasteiger charge is 2.34. The molecule has 116 valence electrons. The van der Waals surface area contributed by atoms with Crippen molar-refractivity contribution in [3.63, 3.8) is 0 Å². The van der Waals surface area contributed by atoms with Gasteiger partial charge in [0.25, 0.3) is 15.4 Å². The van der Waals surface area contributed by atoms with Gasteiger partial charge in [0.1, 0.15) is 6.10 Å². The first kappa shape index (κ1) is 17.9. The number of nitro benzene ring substituents is 1. The minimum absolute atomic E-state index is 0.156. The van der Waals surface area contributed by atoms with Gasteiger partial charge in [-0.3, -0.25) is 14.9 Å². The molecule has 1 amide bonds. The minimum Gasteiger partial charge on any atom is -0.394 e. The molecule has 0 spiro atoms. The minimum atomic E-state index is -2.23. The maximum atomic E-state index is 11.5. The lowest BCUT2D eigenvalue weighted by Gasteiger charge is -2.24. The second-order valence-corrected chi connectivity index (χ2v) is 6.33. The Morgan fingerprint density at radius 3 is 2.24 bits per heavy atom. The van der Waals surface area contributed by atoms with Crippen LogP contribution in [0.3, 0.4) is 0 Å². The summed E-state index contributed by atoms with van der Waals surface area (Å²) in [5, 5.41) is 32.0. The Hall–Kier alpha value is -1.12. The van der Waals surface area contributed by atoms with Gasteiger partial charge in [-0.25, -0.2) is 0 Å². The van der Waals surface area contributed by atoms with E-state index in [1.807, 2.05) is 0 Å². The number of amides is 1. The normalized spacial score (nSPS) is 14.3. The van der Waals surface area contributed by atoms with Gasteiger partial charge >= 0.3 is 0 Å². The highest BCUT2D eigenvalue weighted by atomic mass is 35.6. The predicted molar refractivity (Wildman–Crippen MR) is 77.4 cm³/mol. The Morgan fingerprint density at radius 1 is 1.33 bits per heavy atom. The molecule has 7 nitrogen and oxygen atoms in total. The molecule has 0 saturated carbocycles. The van der Waals surface area contributed by atoms with E-state index in [2.05, 4.69) is 5.32 Å². The Bertz CT molecular complexity index is 518. The number of hydrogen-bond donors (Lipinski definition) is 3. The second-order valence-electron chi connectivity index (χ2n) is 4.05. The monoisotopic (exact) mass is 356 g/mol. The van der Waals surface area contributed by atoms with Crippen LogP contribution in [-0.2, 0) is 4.79 Å². The zero-order chi connectivity index (χ0) is 16.2. The van der Waals surface area contributed by atoms with E-state index in [-0.39, 0.29) is 11.3 Å². The van der Waals surface area contributed by atoms with E-state index in [9.17, 15) is 25.1 Å². The maximum Gasteiger partial charge on any atom is 0.272 e. The molecule has 0 aliphatic heterocycles. The summed E-state index contributed by atoms with van der Waals surface area (Å²) in [5.74, 6) is -1.01. The molecule has 21 heavy (non-hydrogen) atoms. The molecule has 0 fully saturated rings. The molecule has 0 radical (unpaired) electrons. The Labute approximate surface area is 134 Å². The molecule has 10 heteroatoms. The number of benzene rings is 1. The van der Waals surface area contributed by atoms with Crippen molar-refractivity contribution in [2.45, 2.75) is 15.9 Å². The van der Waals surface area contributed by atoms with Crippen LogP contribution < -0.4 is 5.32 Å². The lowest BCUT2D eigenvalue weighted by Crippen LogP contribution is -2.46. The number of rotatable bonds is 5. The van der Waals surface area contributed by atoms with Crippen molar-refractivity contribution >= 4 is 46.4 Å². The maximum absolute atomic E-state index is 11.5. The molecule has 1 rings (SSSR count). The zero-order valence-corrected chi connectivity index (χ0v) is 12.6. The van der Waals surface area contributed by atoms with E-state index < -0.39 is 33.4 Å². The first-order chi connectivity index (χ1) is 9.66. The highest BCUT2D eigenvalue weighted by molar-refractivity contribution is 6.76. The van der Waals surface area contributed by atoms with Gasteiger partial charge < -0.3 is 15.5 Å². The van der Waals surface area contributed by atoms with Crippen molar-refractivity contribution in [1.82, 2.24) is 5.32 Å². The molecule has 2 atom stereocenters. The number of aliphatic hydroxyl groups excluding tert-OH is 2. The summed E-state index contributed by atoms with van der Waals surface area (Å²) in [4.78, 5) is 21.4. The van der Waals surface area contributed by atoms with Crippen molar-refractivity contribution in [2.24, 2.45) is 0 Å². The van der Waals surface area contributed by atoms with Crippen molar-refractivity contribution < 1.29 is 19.9 Å². The van der Waals surface area contributed by atoms with Gasteiger partial charge in [0, 0.05) is 12.1 Å². The topological polar surface area (TPSA) is 113 Å². The summed E-state index contributed by atoms with van der Waals surface area (Å²) in [6.45, 7) is -0.620. The first-order valence-corrected chi connectivity index (χ1v) is 6.71. The van der Waals surface area contributed by atoms with E-state index in [0.717, 1.165) is 0 Å². The van der Waals surface area contributed by atoms with Crippen LogP contribution in [0.25, 0.3) is 0 Å². The van der Waals surface area contributed by atoms with Crippen LogP contribution >= 0.6 is 34.8 Å². The van der Waals surface area contributed by atoms with E-state index in [1.54, 1.807) is 0 Å². The molecular formula is C11H11Cl3N2O5. The van der Waals surface area contributed by atoms with Gasteiger partial charge in [0.05, 0.1) is 17.6 Å². The zero-order valence-electron chi connectivity index (χ0n) is 10.4. The van der Waals surface area contributed by atoms with Gasteiger partial charge in [-0.05, 0) is 17.7 Å². The van der Waals surface area contributed by atoms with Gasteiger partial charge in [-0.1, -0.05) is 34.8 Å². The van der Waals surface area contributed by atoms with Crippen LogP contribution in [0.1, 0.15) is 11.7 Å². The fraction of sp³-hybridized carbons (Fsp3) is 0.364. The van der Waals surface area contributed by atoms with Crippen LogP contribution in [0.15, 0.2) is 24.3 Å². The SMILES string of the molecule is O=C(NC(CO)C(O)c1ccc([N+](=O)[O-])cc1)C(Cl)(Cl)Cl. The van der Waals surface area contributed by atoms with Crippen molar-refractivity contribution in [3.8, 4) is 0 Å². The molecule has 1 aromatic carbocycles. The van der Waals surface area contributed by atoms with Crippen LogP contribution in [0.5, 0.6) is 0 Å². The van der Waals surface area contributed by atoms with E-state index in [1.165, 1.54) is 24.3 Å². The average Bonchev–Trinajstić information content (AvgIpc) is 2.42. The molecule has 0 saturated heterocycles. The molecular weight excluding hydrogens is 346 g/mol. The third-order valence-corrected chi connectivity index (χ3v) is 3.11. The highest BCUT2D eigenvalue weighted by Crippen LogP contribution is 2.27. The number of nitrogens with one attached hydrogen (secondary N) is 1. The molecule has 0 bridgehead atoms. The fourth-order valence-electron chi connectivity index (χ4n) is 1.50. The number of non-ortho nitro benzene ring substituents is 1. The van der Waals surface area contributed by atoms with E-state index in [0.29, 0.717) is 0 Å². The number of carbonyl (C=O) groups is 1. The van der Waals surface area contributed by atoms with Crippen molar-refractivity contribution in [1.29, 1.82) is 0 Å². The molecule has 3 N–H and O–H groups in total. The molecule has 0 aliphatic carbocycles. The lowest BCUT2D eigenvalue weighted by atomic mass is 10.0. The number of alkyl halides is 3. The predicted octanol–water partition coefficient (Wildman–Crippen LogP) is 1.48. The van der Waals surface area contributed by atoms with Gasteiger partial charge in [0.15, 0.2) is 0 Å². The number of nitro groups is 1. The Balaban J connectivity index is 2.85. The summed E-state index contributed by atoms with van der Waals surface area (Å²) in [5.41, 5.74) is 0.0982.